The van der Waals surface area contributed by atoms with Crippen LogP contribution in [0.4, 0.5) is 0 Å². The summed E-state index contributed by atoms with van der Waals surface area (Å²) in [6.45, 7) is 1.84. The Morgan fingerprint density at radius 3 is 2.92 bits per heavy atom. The summed E-state index contributed by atoms with van der Waals surface area (Å²) in [6.07, 6.45) is 1.90. The van der Waals surface area contributed by atoms with Crippen molar-refractivity contribution in [3.8, 4) is 0 Å². The van der Waals surface area contributed by atoms with Gasteiger partial charge in [-0.05, 0) is 0 Å². The lowest BCUT2D eigenvalue weighted by molar-refractivity contribution is 0.0690. The Kier molecular flexibility index (Phi) is 2.60. The molecule has 0 saturated carbocycles. The highest BCUT2D eigenvalue weighted by atomic mass is 35.5. The van der Waals surface area contributed by atoms with Crippen molar-refractivity contribution in [3.63, 3.8) is 0 Å². The number of carboxylic acids is 1. The fourth-order valence-electron chi connectivity index (χ4n) is 0.724. The lowest BCUT2D eigenvalue weighted by Gasteiger charge is -1.98. The van der Waals surface area contributed by atoms with Crippen molar-refractivity contribution < 1.29 is 9.90 Å². The molecule has 5 heteroatoms. The molecule has 1 rings (SSSR count). The molecule has 0 spiro atoms. The Morgan fingerprint density at radius 1 is 1.75 bits per heavy atom. The number of hydrogen-bond acceptors (Lipinski definition) is 3. The van der Waals surface area contributed by atoms with E-state index in [0.29, 0.717) is 12.2 Å². The highest BCUT2D eigenvalue weighted by Gasteiger charge is 2.11. The van der Waals surface area contributed by atoms with Crippen LogP contribution < -0.4 is 0 Å². The smallest absolute Gasteiger partial charge is 0.356 e. The quantitative estimate of drug-likeness (QED) is 0.758. The van der Waals surface area contributed by atoms with Gasteiger partial charge in [0, 0.05) is 6.42 Å². The number of aryl methyl sites for hydroxylation is 1. The van der Waals surface area contributed by atoms with Gasteiger partial charge < -0.3 is 5.11 Å². The van der Waals surface area contributed by atoms with Crippen LogP contribution in [-0.4, -0.2) is 21.0 Å². The van der Waals surface area contributed by atoms with Crippen molar-refractivity contribution in [2.75, 3.05) is 0 Å². The van der Waals surface area contributed by atoms with Crippen molar-refractivity contribution in [3.05, 3.63) is 22.7 Å². The molecule has 1 aromatic heterocycles. The van der Waals surface area contributed by atoms with Gasteiger partial charge in [0.15, 0.2) is 5.69 Å². The molecule has 1 heterocycles. The van der Waals surface area contributed by atoms with Crippen LogP contribution in [0, 0.1) is 0 Å². The summed E-state index contributed by atoms with van der Waals surface area (Å²) in [7, 11) is 0. The molecule has 1 aromatic rings. The molecule has 0 saturated heterocycles. The third-order valence-electron chi connectivity index (χ3n) is 1.31. The van der Waals surface area contributed by atoms with Gasteiger partial charge in [-0.3, -0.25) is 0 Å². The molecule has 0 radical (unpaired) electrons. The van der Waals surface area contributed by atoms with E-state index in [4.69, 9.17) is 16.7 Å². The molecule has 0 bridgehead atoms. The van der Waals surface area contributed by atoms with Crippen molar-refractivity contribution in [1.29, 1.82) is 0 Å². The Labute approximate surface area is 74.2 Å². The maximum atomic E-state index is 10.5. The second-order valence-corrected chi connectivity index (χ2v) is 2.55. The number of rotatable bonds is 2. The number of carboxylic acid groups (broad SMARTS) is 1. The van der Waals surface area contributed by atoms with E-state index in [2.05, 4.69) is 9.97 Å². The van der Waals surface area contributed by atoms with E-state index in [9.17, 15) is 4.79 Å². The van der Waals surface area contributed by atoms with E-state index < -0.39 is 5.97 Å². The van der Waals surface area contributed by atoms with Crippen molar-refractivity contribution >= 4 is 17.6 Å². The zero-order chi connectivity index (χ0) is 9.14. The zero-order valence-electron chi connectivity index (χ0n) is 6.41. The summed E-state index contributed by atoms with van der Waals surface area (Å²) in [5.74, 6) is -0.645. The number of hydrogen-bond donors (Lipinski definition) is 1. The van der Waals surface area contributed by atoms with E-state index in [1.807, 2.05) is 6.92 Å². The minimum absolute atomic E-state index is 0.0692. The Morgan fingerprint density at radius 2 is 2.42 bits per heavy atom. The molecular weight excluding hydrogens is 180 g/mol. The number of aromatic carboxylic acids is 1. The van der Waals surface area contributed by atoms with Gasteiger partial charge in [-0.25, -0.2) is 14.8 Å². The van der Waals surface area contributed by atoms with Crippen LogP contribution in [0.5, 0.6) is 0 Å². The highest BCUT2D eigenvalue weighted by Crippen LogP contribution is 2.11. The van der Waals surface area contributed by atoms with Crippen LogP contribution in [-0.2, 0) is 6.42 Å². The SMILES string of the molecule is CCc1ncc(Cl)c(C(=O)O)n1. The monoisotopic (exact) mass is 186 g/mol. The Bertz CT molecular complexity index is 314. The summed E-state index contributed by atoms with van der Waals surface area (Å²) in [6, 6.07) is 0. The molecule has 0 aromatic carbocycles. The van der Waals surface area contributed by atoms with Gasteiger partial charge in [0.1, 0.15) is 5.82 Å². The first kappa shape index (κ1) is 8.93. The summed E-state index contributed by atoms with van der Waals surface area (Å²) in [4.78, 5) is 18.1. The van der Waals surface area contributed by atoms with Crippen LogP contribution in [0.1, 0.15) is 23.2 Å². The third kappa shape index (κ3) is 1.71. The van der Waals surface area contributed by atoms with Crippen molar-refractivity contribution in [1.82, 2.24) is 9.97 Å². The minimum Gasteiger partial charge on any atom is -0.476 e. The molecule has 12 heavy (non-hydrogen) atoms. The number of aromatic nitrogens is 2. The van der Waals surface area contributed by atoms with E-state index in [-0.39, 0.29) is 10.7 Å². The second-order valence-electron chi connectivity index (χ2n) is 2.14. The molecule has 0 aliphatic rings. The first-order valence-electron chi connectivity index (χ1n) is 3.40. The van der Waals surface area contributed by atoms with Crippen LogP contribution in [0.15, 0.2) is 6.20 Å². The maximum Gasteiger partial charge on any atom is 0.356 e. The van der Waals surface area contributed by atoms with E-state index in [0.717, 1.165) is 0 Å². The summed E-state index contributed by atoms with van der Waals surface area (Å²) >= 11 is 5.54. The van der Waals surface area contributed by atoms with Gasteiger partial charge >= 0.3 is 5.97 Å². The summed E-state index contributed by atoms with van der Waals surface area (Å²) < 4.78 is 0. The number of nitrogens with zero attached hydrogens (tertiary/aromatic N) is 2. The Balaban J connectivity index is 3.17. The van der Waals surface area contributed by atoms with Gasteiger partial charge in [0.05, 0.1) is 11.2 Å². The Hall–Kier alpha value is -1.16. The lowest BCUT2D eigenvalue weighted by atomic mass is 10.3. The van der Waals surface area contributed by atoms with E-state index in [1.54, 1.807) is 0 Å². The first-order valence-corrected chi connectivity index (χ1v) is 3.77. The zero-order valence-corrected chi connectivity index (χ0v) is 7.17. The van der Waals surface area contributed by atoms with Crippen LogP contribution in [0.3, 0.4) is 0 Å². The van der Waals surface area contributed by atoms with Crippen molar-refractivity contribution in [2.45, 2.75) is 13.3 Å². The molecule has 0 fully saturated rings. The number of halogens is 1. The van der Waals surface area contributed by atoms with Gasteiger partial charge in [0.25, 0.3) is 0 Å². The molecule has 4 nitrogen and oxygen atoms in total. The molecule has 0 unspecified atom stereocenters. The molecule has 1 N–H and O–H groups in total. The van der Waals surface area contributed by atoms with E-state index >= 15 is 0 Å². The lowest BCUT2D eigenvalue weighted by Crippen LogP contribution is -2.05. The highest BCUT2D eigenvalue weighted by molar-refractivity contribution is 6.33. The fraction of sp³-hybridized carbons (Fsp3) is 0.286. The van der Waals surface area contributed by atoms with Crippen LogP contribution >= 0.6 is 11.6 Å². The first-order chi connectivity index (χ1) is 5.65. The molecule has 0 atom stereocenters. The average Bonchev–Trinajstić information content (AvgIpc) is 2.05. The molecule has 0 aliphatic carbocycles. The topological polar surface area (TPSA) is 63.1 Å². The molecule has 0 aliphatic heterocycles. The predicted molar refractivity (Wildman–Crippen MR) is 43.4 cm³/mol. The summed E-state index contributed by atoms with van der Waals surface area (Å²) in [5, 5.41) is 8.68. The van der Waals surface area contributed by atoms with Gasteiger partial charge in [-0.1, -0.05) is 18.5 Å². The van der Waals surface area contributed by atoms with Crippen LogP contribution in [0.25, 0.3) is 0 Å². The van der Waals surface area contributed by atoms with E-state index in [1.165, 1.54) is 6.20 Å². The normalized spacial score (nSPS) is 9.83. The minimum atomic E-state index is -1.13. The van der Waals surface area contributed by atoms with Gasteiger partial charge in [-0.15, -0.1) is 0 Å². The molecule has 64 valence electrons. The second kappa shape index (κ2) is 3.49. The molecule has 0 amide bonds. The molecular formula is C7H7ClN2O2. The fourth-order valence-corrected chi connectivity index (χ4v) is 0.896. The van der Waals surface area contributed by atoms with Crippen LogP contribution in [0.2, 0.25) is 5.02 Å². The average molecular weight is 187 g/mol. The number of carbonyl (C=O) groups is 1. The standard InChI is InChI=1S/C7H7ClN2O2/c1-2-5-9-3-4(8)6(10-5)7(11)12/h3H,2H2,1H3,(H,11,12). The largest absolute Gasteiger partial charge is 0.476 e. The van der Waals surface area contributed by atoms with Gasteiger partial charge in [-0.2, -0.15) is 0 Å². The maximum absolute atomic E-state index is 10.5. The van der Waals surface area contributed by atoms with Crippen molar-refractivity contribution in [2.24, 2.45) is 0 Å². The predicted octanol–water partition coefficient (Wildman–Crippen LogP) is 1.39. The van der Waals surface area contributed by atoms with Gasteiger partial charge in [0.2, 0.25) is 0 Å². The summed E-state index contributed by atoms with van der Waals surface area (Å²) in [5.41, 5.74) is -0.136. The third-order valence-corrected chi connectivity index (χ3v) is 1.59.